The number of carboxylic acids is 1. The summed E-state index contributed by atoms with van der Waals surface area (Å²) in [5.41, 5.74) is -0.971. The van der Waals surface area contributed by atoms with E-state index in [1.54, 1.807) is 25.1 Å². The maximum absolute atomic E-state index is 12.7. The van der Waals surface area contributed by atoms with E-state index < -0.39 is 49.5 Å². The highest BCUT2D eigenvalue weighted by Crippen LogP contribution is 2.37. The first-order chi connectivity index (χ1) is 14.5. The third-order valence-corrected chi connectivity index (χ3v) is 3.93. The molecule has 0 fully saturated rings. The van der Waals surface area contributed by atoms with Crippen molar-refractivity contribution in [3.63, 3.8) is 0 Å². The zero-order valence-electron chi connectivity index (χ0n) is 19.3. The summed E-state index contributed by atoms with van der Waals surface area (Å²) in [7, 11) is -4.87. The Labute approximate surface area is 155 Å². The van der Waals surface area contributed by atoms with Crippen LogP contribution in [0.25, 0.3) is 1.43 Å². The lowest BCUT2D eigenvalue weighted by Crippen LogP contribution is -2.16. The summed E-state index contributed by atoms with van der Waals surface area (Å²) in [5, 5.41) is 3.64. The van der Waals surface area contributed by atoms with Crippen LogP contribution in [0, 0.1) is 0 Å². The minimum atomic E-state index is -4.87. The molecule has 0 aromatic heterocycles. The number of benzene rings is 2. The van der Waals surface area contributed by atoms with Crippen molar-refractivity contribution in [2.24, 2.45) is 5.13 Å². The first kappa shape index (κ1) is 11.9. The van der Waals surface area contributed by atoms with Crippen molar-refractivity contribution in [1.82, 2.24) is 0 Å². The van der Waals surface area contributed by atoms with E-state index in [2.05, 4.69) is 5.11 Å². The summed E-state index contributed by atoms with van der Waals surface area (Å²) in [6.07, 6.45) is 0.240. The van der Waals surface area contributed by atoms with Gasteiger partial charge in [-0.1, -0.05) is 31.5 Å². The number of sulfonamides is 1. The van der Waals surface area contributed by atoms with Crippen molar-refractivity contribution in [2.75, 3.05) is 11.8 Å². The molecule has 0 spiro atoms. The number of nitrogens with one attached hydrogen (secondary N) is 1. The topological polar surface area (TPSA) is 119 Å². The van der Waals surface area contributed by atoms with Crippen LogP contribution >= 0.6 is 0 Å². The number of para-hydroxylation sites is 1. The van der Waals surface area contributed by atoms with Gasteiger partial charge in [0.15, 0.2) is 7.16 Å². The quantitative estimate of drug-likeness (QED) is 0.624. The van der Waals surface area contributed by atoms with E-state index in [1.807, 2.05) is 0 Å². The van der Waals surface area contributed by atoms with Gasteiger partial charge in [-0.25, -0.2) is 18.3 Å². The number of anilines is 1. The molecule has 4 N–H and O–H groups in total. The molecule has 8 heteroatoms. The second-order valence-electron chi connectivity index (χ2n) is 5.02. The standard InChI is InChI=1S/C17H20N2O5S/c1-2-3-9-19-14-10-12(17(20)21)11-15(25(18,22)23)16(14)24-13-7-5-4-6-8-13/h4-8,10-11,19H,2-3,9H2,1H3,(H,20,21)(H2,18,22,23)/i9D2/hD4. The van der Waals surface area contributed by atoms with E-state index in [4.69, 9.17) is 13.1 Å². The van der Waals surface area contributed by atoms with Gasteiger partial charge in [-0.3, -0.25) is 0 Å². The first-order valence-corrected chi connectivity index (χ1v) is 8.80. The second kappa shape index (κ2) is 8.00. The monoisotopic (exact) mass is 370 g/mol. The summed E-state index contributed by atoms with van der Waals surface area (Å²) in [4.78, 5) is 11.1. The molecule has 0 aliphatic carbocycles. The van der Waals surface area contributed by atoms with Gasteiger partial charge in [-0.2, -0.15) is 0 Å². The van der Waals surface area contributed by atoms with Crippen LogP contribution in [0.15, 0.2) is 47.4 Å². The fraction of sp³-hybridized carbons (Fsp3) is 0.235. The van der Waals surface area contributed by atoms with Crippen molar-refractivity contribution >= 4 is 21.7 Å². The van der Waals surface area contributed by atoms with Gasteiger partial charge in [0, 0.05) is 9.24 Å². The van der Waals surface area contributed by atoms with E-state index in [9.17, 15) is 13.2 Å². The Morgan fingerprint density at radius 1 is 1.44 bits per heavy atom. The summed E-state index contributed by atoms with van der Waals surface area (Å²) < 4.78 is 76.9. The maximum atomic E-state index is 12.7. The summed E-state index contributed by atoms with van der Waals surface area (Å²) in [6, 6.07) is 9.49. The molecular formula is C17H20N2O5S. The Bertz CT molecular complexity index is 1040. The molecule has 2 aromatic rings. The van der Waals surface area contributed by atoms with Crippen molar-refractivity contribution in [3.05, 3.63) is 48.0 Å². The molecule has 134 valence electrons. The van der Waals surface area contributed by atoms with Crippen LogP contribution in [0.3, 0.4) is 0 Å². The van der Waals surface area contributed by atoms with E-state index >= 15 is 0 Å². The lowest BCUT2D eigenvalue weighted by molar-refractivity contribution is 0.0696. The molecular weight excluding hydrogens is 344 g/mol. The SMILES string of the molecule is [2H]OC(=O)c1cc(N([2H])C([2H])([2H])CCC)c(Oc2ccccc2)c(S(=O)(=O)N([2H])[2H])c1. The largest absolute Gasteiger partial charge is 0.478 e. The number of hydrogen-bond donors (Lipinski definition) is 3. The lowest BCUT2D eigenvalue weighted by Gasteiger charge is -2.17. The predicted molar refractivity (Wildman–Crippen MR) is 94.7 cm³/mol. The highest BCUT2D eigenvalue weighted by molar-refractivity contribution is 7.89. The number of primary sulfonamides is 1. The Hall–Kier alpha value is -2.58. The Morgan fingerprint density at radius 2 is 2.20 bits per heavy atom. The van der Waals surface area contributed by atoms with Gasteiger partial charge in [0.2, 0.25) is 10.0 Å². The number of carboxylic acid groups (broad SMARTS) is 1. The number of nitrogens with two attached hydrogens (primary N) is 1. The van der Waals surface area contributed by atoms with Crippen LogP contribution in [0.5, 0.6) is 11.5 Å². The molecule has 0 unspecified atom stereocenters. The van der Waals surface area contributed by atoms with Crippen molar-refractivity contribution in [2.45, 2.75) is 24.7 Å². The van der Waals surface area contributed by atoms with Crippen LogP contribution in [0.4, 0.5) is 5.69 Å². The van der Waals surface area contributed by atoms with Gasteiger partial charge >= 0.3 is 5.97 Å². The van der Waals surface area contributed by atoms with E-state index in [0.717, 1.165) is 12.1 Å². The number of carbonyl (C=O) groups is 1. The maximum Gasteiger partial charge on any atom is 0.335 e. The summed E-state index contributed by atoms with van der Waals surface area (Å²) >= 11 is 0. The lowest BCUT2D eigenvalue weighted by atomic mass is 10.1. The molecule has 0 bridgehead atoms. The third kappa shape index (κ3) is 4.94. The number of aromatic carboxylic acids is 1. The van der Waals surface area contributed by atoms with Gasteiger partial charge in [0.25, 0.3) is 1.43 Å². The van der Waals surface area contributed by atoms with E-state index in [-0.39, 0.29) is 12.2 Å². The first-order valence-electron chi connectivity index (χ1n) is 10.1. The molecule has 0 saturated carbocycles. The van der Waals surface area contributed by atoms with Gasteiger partial charge in [0.1, 0.15) is 13.5 Å². The van der Waals surface area contributed by atoms with Gasteiger partial charge < -0.3 is 15.2 Å². The second-order valence-corrected chi connectivity index (χ2v) is 6.41. The van der Waals surface area contributed by atoms with Crippen LogP contribution in [-0.4, -0.2) is 26.0 Å². The Morgan fingerprint density at radius 3 is 2.84 bits per heavy atom. The minimum absolute atomic E-state index is 0.112. The van der Waals surface area contributed by atoms with Crippen LogP contribution in [0.2, 0.25) is 4.24 Å². The Kier molecular flexibility index (Phi) is 3.80. The smallest absolute Gasteiger partial charge is 0.335 e. The van der Waals surface area contributed by atoms with Gasteiger partial charge in [-0.15, -0.1) is 0 Å². The normalized spacial score (nSPS) is 15.1. The van der Waals surface area contributed by atoms with Crippen LogP contribution in [-0.2, 0) is 10.0 Å². The third-order valence-electron chi connectivity index (χ3n) is 3.07. The molecule has 25 heavy (non-hydrogen) atoms. The Balaban J connectivity index is 2.88. The molecule has 0 heterocycles. The van der Waals surface area contributed by atoms with Crippen LogP contribution in [0.1, 0.15) is 32.9 Å². The number of hydrogen-bond acceptors (Lipinski definition) is 6. The van der Waals surface area contributed by atoms with Gasteiger partial charge in [-0.05, 0) is 30.7 Å². The van der Waals surface area contributed by atoms with Crippen LogP contribution < -0.4 is 15.2 Å². The average molecular weight is 370 g/mol. The predicted octanol–water partition coefficient (Wildman–Crippen LogP) is 3.04. The molecule has 2 aromatic carbocycles. The zero-order valence-corrected chi connectivity index (χ0v) is 14.1. The zero-order chi connectivity index (χ0) is 23.4. The molecule has 0 radical (unpaired) electrons. The fourth-order valence-electron chi connectivity index (χ4n) is 1.94. The van der Waals surface area contributed by atoms with Crippen molar-refractivity contribution in [3.8, 4) is 11.5 Å². The average Bonchev–Trinajstić information content (AvgIpc) is 2.73. The number of ether oxygens (including phenoxy) is 1. The van der Waals surface area contributed by atoms with Crippen molar-refractivity contribution < 1.29 is 30.0 Å². The fourth-order valence-corrected chi connectivity index (χ4v) is 2.60. The molecule has 0 amide bonds. The summed E-state index contributed by atoms with van der Waals surface area (Å²) in [6.45, 7) is -0.607. The molecule has 0 atom stereocenters. The minimum Gasteiger partial charge on any atom is -0.478 e. The molecule has 0 aliphatic rings. The van der Waals surface area contributed by atoms with E-state index in [0.29, 0.717) is 11.7 Å². The summed E-state index contributed by atoms with van der Waals surface area (Å²) in [5.74, 6) is -1.72. The number of rotatable bonds is 9. The van der Waals surface area contributed by atoms with Gasteiger partial charge in [0.05, 0.1) is 11.3 Å². The molecule has 2 rings (SSSR count). The molecule has 0 aliphatic heterocycles. The molecule has 7 nitrogen and oxygen atoms in total. The van der Waals surface area contributed by atoms with Crippen molar-refractivity contribution in [1.29, 1.82) is 1.43 Å². The highest BCUT2D eigenvalue weighted by atomic mass is 32.2. The highest BCUT2D eigenvalue weighted by Gasteiger charge is 2.23. The molecule has 0 saturated heterocycles. The van der Waals surface area contributed by atoms with E-state index in [1.165, 1.54) is 12.1 Å².